The topological polar surface area (TPSA) is 61.9 Å². The number of carbonyl (C=O) groups is 2. The summed E-state index contributed by atoms with van der Waals surface area (Å²) in [7, 11) is 0. The van der Waals surface area contributed by atoms with Crippen molar-refractivity contribution < 1.29 is 14.3 Å². The predicted molar refractivity (Wildman–Crippen MR) is 68.5 cm³/mol. The maximum absolute atomic E-state index is 12.1. The molecule has 0 bridgehead atoms. The van der Waals surface area contributed by atoms with Crippen molar-refractivity contribution in [1.29, 1.82) is 0 Å². The fourth-order valence-electron chi connectivity index (χ4n) is 2.75. The summed E-state index contributed by atoms with van der Waals surface area (Å²) in [5.74, 6) is -0.0224. The van der Waals surface area contributed by atoms with E-state index in [9.17, 15) is 9.59 Å². The second-order valence-corrected chi connectivity index (χ2v) is 5.50. The van der Waals surface area contributed by atoms with Gasteiger partial charge in [-0.25, -0.2) is 0 Å². The molecule has 1 saturated carbocycles. The van der Waals surface area contributed by atoms with Crippen LogP contribution in [-0.4, -0.2) is 73.1 Å². The molecule has 0 radical (unpaired) electrons. The zero-order valence-electron chi connectivity index (χ0n) is 11.1. The van der Waals surface area contributed by atoms with Crippen LogP contribution < -0.4 is 5.32 Å². The van der Waals surface area contributed by atoms with Crippen molar-refractivity contribution >= 4 is 11.8 Å². The minimum atomic E-state index is -0.297. The fourth-order valence-corrected chi connectivity index (χ4v) is 2.75. The Hall–Kier alpha value is -0.980. The maximum Gasteiger partial charge on any atom is 0.247 e. The number of nitrogens with one attached hydrogen (secondary N) is 1. The van der Waals surface area contributed by atoms with Crippen LogP contribution in [0, 0.1) is 0 Å². The Balaban J connectivity index is 1.42. The predicted octanol–water partition coefficient (Wildman–Crippen LogP) is -0.802. The number of hydrogen-bond acceptors (Lipinski definition) is 5. The molecule has 3 fully saturated rings. The molecule has 1 N–H and O–H groups in total. The third-order valence-corrected chi connectivity index (χ3v) is 4.02. The number of nitrogens with zero attached hydrogens (tertiary/aromatic N) is 2. The Bertz CT molecular complexity index is 364. The summed E-state index contributed by atoms with van der Waals surface area (Å²) in [6.07, 6.45) is 2.30. The van der Waals surface area contributed by atoms with E-state index in [0.717, 1.165) is 52.2 Å². The summed E-state index contributed by atoms with van der Waals surface area (Å²) < 4.78 is 5.29. The van der Waals surface area contributed by atoms with E-state index in [2.05, 4.69) is 10.2 Å². The van der Waals surface area contributed by atoms with Crippen molar-refractivity contribution in [1.82, 2.24) is 15.1 Å². The van der Waals surface area contributed by atoms with Gasteiger partial charge in [0.05, 0.1) is 25.7 Å². The fraction of sp³-hybridized carbons (Fsp3) is 0.846. The van der Waals surface area contributed by atoms with Crippen LogP contribution >= 0.6 is 0 Å². The number of carbonyl (C=O) groups excluding carboxylic acids is 2. The molecule has 1 unspecified atom stereocenters. The standard InChI is InChI=1S/C13H21N3O3/c17-12-9-11(13(18)16(12)10-1-2-10)14-3-4-15-5-7-19-8-6-15/h10-11,14H,1-9H2. The number of hydrogen-bond donors (Lipinski definition) is 1. The molecule has 0 spiro atoms. The highest BCUT2D eigenvalue weighted by atomic mass is 16.5. The second-order valence-electron chi connectivity index (χ2n) is 5.50. The third-order valence-electron chi connectivity index (χ3n) is 4.02. The first kappa shape index (κ1) is 13.0. The zero-order valence-corrected chi connectivity index (χ0v) is 11.1. The molecule has 3 aliphatic rings. The van der Waals surface area contributed by atoms with Gasteiger partial charge in [-0.15, -0.1) is 0 Å². The van der Waals surface area contributed by atoms with Crippen molar-refractivity contribution in [2.75, 3.05) is 39.4 Å². The van der Waals surface area contributed by atoms with Gasteiger partial charge >= 0.3 is 0 Å². The molecule has 2 aliphatic heterocycles. The van der Waals surface area contributed by atoms with Crippen molar-refractivity contribution in [3.05, 3.63) is 0 Å². The van der Waals surface area contributed by atoms with E-state index in [1.807, 2.05) is 0 Å². The van der Waals surface area contributed by atoms with Crippen LogP contribution in [0.25, 0.3) is 0 Å². The van der Waals surface area contributed by atoms with Gasteiger partial charge in [0.1, 0.15) is 0 Å². The van der Waals surface area contributed by atoms with E-state index < -0.39 is 0 Å². The molecule has 19 heavy (non-hydrogen) atoms. The third kappa shape index (κ3) is 2.96. The van der Waals surface area contributed by atoms with Crippen LogP contribution in [0.3, 0.4) is 0 Å². The minimum Gasteiger partial charge on any atom is -0.379 e. The van der Waals surface area contributed by atoms with Crippen LogP contribution in [0.1, 0.15) is 19.3 Å². The summed E-state index contributed by atoms with van der Waals surface area (Å²) >= 11 is 0. The number of morpholine rings is 1. The first-order chi connectivity index (χ1) is 9.25. The number of amides is 2. The van der Waals surface area contributed by atoms with Gasteiger partial charge in [-0.1, -0.05) is 0 Å². The molecule has 1 atom stereocenters. The van der Waals surface area contributed by atoms with Gasteiger partial charge in [0.2, 0.25) is 11.8 Å². The molecule has 3 rings (SSSR count). The summed E-state index contributed by atoms with van der Waals surface area (Å²) in [6.45, 7) is 5.14. The average Bonchev–Trinajstić information content (AvgIpc) is 3.19. The highest BCUT2D eigenvalue weighted by Crippen LogP contribution is 2.31. The maximum atomic E-state index is 12.1. The molecule has 6 nitrogen and oxygen atoms in total. The van der Waals surface area contributed by atoms with Crippen LogP contribution in [-0.2, 0) is 14.3 Å². The lowest BCUT2D eigenvalue weighted by molar-refractivity contribution is -0.139. The monoisotopic (exact) mass is 267 g/mol. The summed E-state index contributed by atoms with van der Waals surface area (Å²) in [5, 5.41) is 3.23. The quantitative estimate of drug-likeness (QED) is 0.661. The highest BCUT2D eigenvalue weighted by Gasteiger charge is 2.45. The first-order valence-electron chi connectivity index (χ1n) is 7.15. The molecule has 2 amide bonds. The van der Waals surface area contributed by atoms with E-state index in [4.69, 9.17) is 4.74 Å². The Morgan fingerprint density at radius 3 is 2.63 bits per heavy atom. The number of ether oxygens (including phenoxy) is 1. The Kier molecular flexibility index (Phi) is 3.81. The lowest BCUT2D eigenvalue weighted by atomic mass is 10.2. The second kappa shape index (κ2) is 5.56. The van der Waals surface area contributed by atoms with E-state index >= 15 is 0 Å². The van der Waals surface area contributed by atoms with Crippen LogP contribution in [0.15, 0.2) is 0 Å². The summed E-state index contributed by atoms with van der Waals surface area (Å²) in [6, 6.07) is -0.0971. The average molecular weight is 267 g/mol. The van der Waals surface area contributed by atoms with Gasteiger partial charge in [0.15, 0.2) is 0 Å². The van der Waals surface area contributed by atoms with Gasteiger partial charge in [-0.2, -0.15) is 0 Å². The number of imide groups is 1. The van der Waals surface area contributed by atoms with Gasteiger partial charge < -0.3 is 10.1 Å². The normalized spacial score (nSPS) is 29.3. The lowest BCUT2D eigenvalue weighted by Gasteiger charge is -2.27. The Labute approximate surface area is 113 Å². The van der Waals surface area contributed by atoms with Crippen molar-refractivity contribution in [3.63, 3.8) is 0 Å². The summed E-state index contributed by atoms with van der Waals surface area (Å²) in [5.41, 5.74) is 0. The van der Waals surface area contributed by atoms with Crippen LogP contribution in [0.5, 0.6) is 0 Å². The summed E-state index contributed by atoms with van der Waals surface area (Å²) in [4.78, 5) is 27.7. The van der Waals surface area contributed by atoms with Crippen LogP contribution in [0.4, 0.5) is 0 Å². The molecule has 0 aromatic heterocycles. The van der Waals surface area contributed by atoms with E-state index in [1.165, 1.54) is 4.90 Å². The zero-order chi connectivity index (χ0) is 13.2. The van der Waals surface area contributed by atoms with Crippen molar-refractivity contribution in [2.24, 2.45) is 0 Å². The molecular formula is C13H21N3O3. The Morgan fingerprint density at radius 1 is 1.21 bits per heavy atom. The molecule has 106 valence electrons. The Morgan fingerprint density at radius 2 is 1.95 bits per heavy atom. The molecule has 0 aromatic rings. The molecule has 1 aliphatic carbocycles. The molecular weight excluding hydrogens is 246 g/mol. The van der Waals surface area contributed by atoms with Gasteiger partial charge in [0, 0.05) is 32.2 Å². The van der Waals surface area contributed by atoms with Gasteiger partial charge in [-0.05, 0) is 12.8 Å². The first-order valence-corrected chi connectivity index (χ1v) is 7.15. The van der Waals surface area contributed by atoms with E-state index in [1.54, 1.807) is 0 Å². The number of rotatable bonds is 5. The molecule has 2 heterocycles. The SMILES string of the molecule is O=C1CC(NCCN2CCOCC2)C(=O)N1C1CC1. The van der Waals surface area contributed by atoms with Crippen molar-refractivity contribution in [2.45, 2.75) is 31.3 Å². The molecule has 0 aromatic carbocycles. The van der Waals surface area contributed by atoms with Crippen molar-refractivity contribution in [3.8, 4) is 0 Å². The van der Waals surface area contributed by atoms with E-state index in [-0.39, 0.29) is 23.9 Å². The molecule has 2 saturated heterocycles. The number of likely N-dealkylation sites (tertiary alicyclic amines) is 1. The molecule has 6 heteroatoms. The largest absolute Gasteiger partial charge is 0.379 e. The highest BCUT2D eigenvalue weighted by molar-refractivity contribution is 6.06. The lowest BCUT2D eigenvalue weighted by Crippen LogP contribution is -2.44. The minimum absolute atomic E-state index is 0.00336. The van der Waals surface area contributed by atoms with Gasteiger partial charge in [0.25, 0.3) is 0 Å². The van der Waals surface area contributed by atoms with Gasteiger partial charge in [-0.3, -0.25) is 19.4 Å². The van der Waals surface area contributed by atoms with Crippen LogP contribution in [0.2, 0.25) is 0 Å². The van der Waals surface area contributed by atoms with E-state index in [0.29, 0.717) is 6.42 Å². The smallest absolute Gasteiger partial charge is 0.247 e.